The molecule has 190 valence electrons. The molecule has 0 spiro atoms. The summed E-state index contributed by atoms with van der Waals surface area (Å²) < 4.78 is 46.2. The third kappa shape index (κ3) is 5.86. The van der Waals surface area contributed by atoms with E-state index in [0.29, 0.717) is 61.6 Å². The second-order valence-corrected chi connectivity index (χ2v) is 8.18. The number of halogens is 2. The lowest BCUT2D eigenvalue weighted by molar-refractivity contribution is 0.0564. The summed E-state index contributed by atoms with van der Waals surface area (Å²) >= 11 is 1.06. The van der Waals surface area contributed by atoms with Crippen molar-refractivity contribution >= 4 is 40.3 Å². The van der Waals surface area contributed by atoms with E-state index in [9.17, 15) is 8.78 Å². The summed E-state index contributed by atoms with van der Waals surface area (Å²) in [6.07, 6.45) is 2.98. The minimum atomic E-state index is -2.73. The van der Waals surface area contributed by atoms with Gasteiger partial charge in [0.1, 0.15) is 5.75 Å². The Kier molecular flexibility index (Phi) is 8.23. The summed E-state index contributed by atoms with van der Waals surface area (Å²) in [6, 6.07) is 10.7. The Balaban J connectivity index is 1.71. The molecule has 2 aromatic heterocycles. The van der Waals surface area contributed by atoms with Crippen LogP contribution in [-0.2, 0) is 0 Å². The first-order valence-corrected chi connectivity index (χ1v) is 11.6. The lowest BCUT2D eigenvalue weighted by atomic mass is 10.2. The molecular formula is C23H24F2N6O4S. The van der Waals surface area contributed by atoms with Gasteiger partial charge in [0, 0.05) is 31.4 Å². The fourth-order valence-electron chi connectivity index (χ4n) is 3.20. The van der Waals surface area contributed by atoms with Gasteiger partial charge in [0.05, 0.1) is 48.6 Å². The molecule has 3 N–H and O–H groups in total. The van der Waals surface area contributed by atoms with Gasteiger partial charge in [0.2, 0.25) is 0 Å². The molecule has 2 heterocycles. The molecule has 0 atom stereocenters. The van der Waals surface area contributed by atoms with Gasteiger partial charge >= 0.3 is 6.55 Å². The molecule has 0 unspecified atom stereocenters. The quantitative estimate of drug-likeness (QED) is 0.177. The molecule has 0 aliphatic heterocycles. The summed E-state index contributed by atoms with van der Waals surface area (Å²) in [5.74, 6) is 2.04. The maximum absolute atomic E-state index is 12.9. The molecule has 4 aromatic rings. The van der Waals surface area contributed by atoms with Crippen LogP contribution in [0.1, 0.15) is 13.0 Å². The Hall–Kier alpha value is -3.84. The van der Waals surface area contributed by atoms with E-state index in [1.165, 1.54) is 26.6 Å². The zero-order valence-corrected chi connectivity index (χ0v) is 20.3. The number of hydrogen-bond acceptors (Lipinski definition) is 10. The van der Waals surface area contributed by atoms with Crippen LogP contribution in [0.25, 0.3) is 11.0 Å². The van der Waals surface area contributed by atoms with Gasteiger partial charge in [-0.1, -0.05) is 12.1 Å². The number of nitrogens with zero attached hydrogens (tertiary/aromatic N) is 4. The fraction of sp³-hybridized carbons (Fsp3) is 0.261. The number of benzene rings is 2. The van der Waals surface area contributed by atoms with E-state index in [-0.39, 0.29) is 13.2 Å². The van der Waals surface area contributed by atoms with Gasteiger partial charge in [-0.05, 0) is 24.1 Å². The van der Waals surface area contributed by atoms with E-state index in [2.05, 4.69) is 20.1 Å². The van der Waals surface area contributed by atoms with Crippen LogP contribution < -0.4 is 24.2 Å². The lowest BCUT2D eigenvalue weighted by Gasteiger charge is -2.19. The van der Waals surface area contributed by atoms with E-state index in [0.717, 1.165) is 11.9 Å². The molecular weight excluding hydrogens is 494 g/mol. The number of anilines is 3. The summed E-state index contributed by atoms with van der Waals surface area (Å²) in [5.41, 5.74) is 1.77. The van der Waals surface area contributed by atoms with Crippen molar-refractivity contribution in [1.29, 1.82) is 0 Å². The number of para-hydroxylation sites is 2. The maximum atomic E-state index is 12.9. The van der Waals surface area contributed by atoms with Crippen molar-refractivity contribution < 1.29 is 28.1 Å². The minimum absolute atomic E-state index is 0.0230. The molecule has 0 saturated heterocycles. The van der Waals surface area contributed by atoms with E-state index in [1.807, 2.05) is 24.3 Å². The maximum Gasteiger partial charge on any atom is 0.333 e. The standard InChI is InChI=1S/C23H24F2N6O4S/c1-33-14-10-18(20(19(11-14)34-2)35-9-5-8-32)29-21-22(28-17-7-4-3-6-16(17)27-21)30-36-15-12-26-31(13-15)23(24)25/h3-4,6-7,10-13,23,32H,5,8-9H2,1-2H3,(H,27,29)(H,28,30). The molecule has 0 amide bonds. The van der Waals surface area contributed by atoms with Crippen LogP contribution in [0.5, 0.6) is 17.2 Å². The number of methoxy groups -OCH3 is 2. The van der Waals surface area contributed by atoms with Crippen LogP contribution in [0.2, 0.25) is 0 Å². The first-order valence-electron chi connectivity index (χ1n) is 10.8. The largest absolute Gasteiger partial charge is 0.497 e. The van der Waals surface area contributed by atoms with E-state index in [4.69, 9.17) is 24.3 Å². The van der Waals surface area contributed by atoms with Crippen LogP contribution in [0.4, 0.5) is 26.1 Å². The van der Waals surface area contributed by atoms with E-state index in [1.54, 1.807) is 12.1 Å². The molecule has 0 fully saturated rings. The third-order valence-corrected chi connectivity index (χ3v) is 5.64. The third-order valence-electron chi connectivity index (χ3n) is 4.90. The van der Waals surface area contributed by atoms with Gasteiger partial charge in [-0.25, -0.2) is 14.6 Å². The van der Waals surface area contributed by atoms with Crippen LogP contribution in [0.15, 0.2) is 53.7 Å². The van der Waals surface area contributed by atoms with Gasteiger partial charge < -0.3 is 29.4 Å². The van der Waals surface area contributed by atoms with Gasteiger partial charge in [0.15, 0.2) is 23.1 Å². The Morgan fingerprint density at radius 2 is 1.83 bits per heavy atom. The normalized spacial score (nSPS) is 11.1. The molecule has 0 saturated carbocycles. The number of alkyl halides is 2. The van der Waals surface area contributed by atoms with E-state index < -0.39 is 6.55 Å². The number of aliphatic hydroxyl groups is 1. The van der Waals surface area contributed by atoms with Crippen molar-refractivity contribution in [3.05, 3.63) is 48.8 Å². The average Bonchev–Trinajstić information content (AvgIpc) is 3.37. The summed E-state index contributed by atoms with van der Waals surface area (Å²) in [4.78, 5) is 9.81. The van der Waals surface area contributed by atoms with Crippen molar-refractivity contribution in [3.8, 4) is 17.2 Å². The Labute approximate surface area is 209 Å². The van der Waals surface area contributed by atoms with Crippen molar-refractivity contribution in [1.82, 2.24) is 19.7 Å². The van der Waals surface area contributed by atoms with Gasteiger partial charge in [-0.2, -0.15) is 13.9 Å². The highest BCUT2D eigenvalue weighted by Gasteiger charge is 2.18. The van der Waals surface area contributed by atoms with Crippen molar-refractivity contribution in [2.75, 3.05) is 37.5 Å². The highest BCUT2D eigenvalue weighted by atomic mass is 32.2. The topological polar surface area (TPSA) is 116 Å². The monoisotopic (exact) mass is 518 g/mol. The number of fused-ring (bicyclic) bond motifs is 1. The molecule has 0 aliphatic rings. The molecule has 0 aliphatic carbocycles. The summed E-state index contributed by atoms with van der Waals surface area (Å²) in [6.45, 7) is -2.50. The van der Waals surface area contributed by atoms with Crippen LogP contribution in [0.3, 0.4) is 0 Å². The number of nitrogens with one attached hydrogen (secondary N) is 2. The number of hydrogen-bond donors (Lipinski definition) is 3. The Bertz CT molecular complexity index is 1320. The molecule has 0 bridgehead atoms. The predicted octanol–water partition coefficient (Wildman–Crippen LogP) is 4.86. The van der Waals surface area contributed by atoms with Crippen molar-refractivity contribution in [3.63, 3.8) is 0 Å². The fourth-order valence-corrected chi connectivity index (χ4v) is 3.82. The zero-order chi connectivity index (χ0) is 25.5. The number of rotatable bonds is 12. The van der Waals surface area contributed by atoms with Crippen molar-refractivity contribution in [2.45, 2.75) is 17.9 Å². The molecule has 2 aromatic carbocycles. The first-order chi connectivity index (χ1) is 17.5. The minimum Gasteiger partial charge on any atom is -0.497 e. The average molecular weight is 519 g/mol. The second-order valence-electron chi connectivity index (χ2n) is 7.30. The Morgan fingerprint density at radius 1 is 1.08 bits per heavy atom. The molecule has 10 nitrogen and oxygen atoms in total. The molecule has 13 heteroatoms. The SMILES string of the molecule is COc1cc(Nc2nc3ccccc3nc2NSc2cnn(C(F)F)c2)c(OCCCO)c(OC)c1. The smallest absolute Gasteiger partial charge is 0.333 e. The predicted molar refractivity (Wildman–Crippen MR) is 133 cm³/mol. The van der Waals surface area contributed by atoms with Crippen molar-refractivity contribution in [2.24, 2.45) is 0 Å². The van der Waals surface area contributed by atoms with Gasteiger partial charge in [0.25, 0.3) is 0 Å². The second kappa shape index (κ2) is 11.7. The van der Waals surface area contributed by atoms with Crippen LogP contribution in [-0.4, -0.2) is 52.3 Å². The first kappa shape index (κ1) is 25.3. The van der Waals surface area contributed by atoms with Crippen LogP contribution >= 0.6 is 11.9 Å². The van der Waals surface area contributed by atoms with Gasteiger partial charge in [-0.15, -0.1) is 0 Å². The highest BCUT2D eigenvalue weighted by molar-refractivity contribution is 8.00. The molecule has 4 rings (SSSR count). The summed E-state index contributed by atoms with van der Waals surface area (Å²) in [7, 11) is 3.04. The number of aromatic nitrogens is 4. The zero-order valence-electron chi connectivity index (χ0n) is 19.4. The van der Waals surface area contributed by atoms with Crippen LogP contribution in [0, 0.1) is 0 Å². The van der Waals surface area contributed by atoms with E-state index >= 15 is 0 Å². The summed E-state index contributed by atoms with van der Waals surface area (Å²) in [5, 5.41) is 16.0. The highest BCUT2D eigenvalue weighted by Crippen LogP contribution is 2.42. The van der Waals surface area contributed by atoms with Gasteiger partial charge in [-0.3, -0.25) is 0 Å². The molecule has 0 radical (unpaired) electrons. The number of ether oxygens (including phenoxy) is 3. The Morgan fingerprint density at radius 3 is 2.47 bits per heavy atom. The lowest BCUT2D eigenvalue weighted by Crippen LogP contribution is -2.07. The molecule has 36 heavy (non-hydrogen) atoms. The number of aliphatic hydroxyl groups excluding tert-OH is 1.